The fraction of sp³-hybridized carbons (Fsp3) is 0.200. The van der Waals surface area contributed by atoms with E-state index < -0.39 is 11.7 Å². The molecule has 0 saturated heterocycles. The molecule has 0 aliphatic rings. The van der Waals surface area contributed by atoms with Crippen LogP contribution < -0.4 is 5.73 Å². The highest BCUT2D eigenvalue weighted by atomic mass is 19.4. The molecule has 4 heteroatoms. The SMILES string of the molecule is C=C(CN)c1cccc(C(F)(F)F)c1. The summed E-state index contributed by atoms with van der Waals surface area (Å²) in [6.45, 7) is 3.73. The van der Waals surface area contributed by atoms with Crippen molar-refractivity contribution < 1.29 is 13.2 Å². The first-order valence-electron chi connectivity index (χ1n) is 4.00. The third-order valence-electron chi connectivity index (χ3n) is 1.84. The van der Waals surface area contributed by atoms with E-state index in [9.17, 15) is 13.2 Å². The Labute approximate surface area is 80.0 Å². The second-order valence-corrected chi connectivity index (χ2v) is 2.89. The van der Waals surface area contributed by atoms with Crippen LogP contribution in [0.4, 0.5) is 13.2 Å². The van der Waals surface area contributed by atoms with Crippen LogP contribution in [0, 0.1) is 0 Å². The van der Waals surface area contributed by atoms with Gasteiger partial charge in [-0.25, -0.2) is 0 Å². The van der Waals surface area contributed by atoms with Crippen molar-refractivity contribution in [3.8, 4) is 0 Å². The summed E-state index contributed by atoms with van der Waals surface area (Å²) in [4.78, 5) is 0. The van der Waals surface area contributed by atoms with Gasteiger partial charge in [-0.3, -0.25) is 0 Å². The molecule has 0 aliphatic carbocycles. The van der Waals surface area contributed by atoms with E-state index in [-0.39, 0.29) is 6.54 Å². The highest BCUT2D eigenvalue weighted by Gasteiger charge is 2.30. The average Bonchev–Trinajstić information content (AvgIpc) is 2.15. The number of hydrogen-bond acceptors (Lipinski definition) is 1. The van der Waals surface area contributed by atoms with Crippen LogP contribution in [0.1, 0.15) is 11.1 Å². The molecule has 0 atom stereocenters. The molecule has 0 heterocycles. The minimum Gasteiger partial charge on any atom is -0.326 e. The van der Waals surface area contributed by atoms with Gasteiger partial charge in [-0.15, -0.1) is 0 Å². The molecule has 76 valence electrons. The molecule has 0 aliphatic heterocycles. The van der Waals surface area contributed by atoms with E-state index >= 15 is 0 Å². The van der Waals surface area contributed by atoms with E-state index in [4.69, 9.17) is 5.73 Å². The van der Waals surface area contributed by atoms with Gasteiger partial charge in [0.2, 0.25) is 0 Å². The van der Waals surface area contributed by atoms with Gasteiger partial charge in [-0.1, -0.05) is 18.7 Å². The van der Waals surface area contributed by atoms with E-state index in [1.807, 2.05) is 0 Å². The normalized spacial score (nSPS) is 11.4. The maximum Gasteiger partial charge on any atom is 0.416 e. The number of rotatable bonds is 2. The summed E-state index contributed by atoms with van der Waals surface area (Å²) in [6.07, 6.45) is -4.31. The van der Waals surface area contributed by atoms with Gasteiger partial charge in [0.05, 0.1) is 5.56 Å². The van der Waals surface area contributed by atoms with Crippen LogP contribution in [-0.4, -0.2) is 6.54 Å². The Hall–Kier alpha value is -1.29. The highest BCUT2D eigenvalue weighted by Crippen LogP contribution is 2.30. The second kappa shape index (κ2) is 3.84. The van der Waals surface area contributed by atoms with Crippen LogP contribution in [0.2, 0.25) is 0 Å². The Morgan fingerprint density at radius 2 is 2.00 bits per heavy atom. The fourth-order valence-electron chi connectivity index (χ4n) is 1.03. The van der Waals surface area contributed by atoms with E-state index in [2.05, 4.69) is 6.58 Å². The van der Waals surface area contributed by atoms with Crippen molar-refractivity contribution >= 4 is 5.57 Å². The second-order valence-electron chi connectivity index (χ2n) is 2.89. The van der Waals surface area contributed by atoms with Crippen LogP contribution in [0.3, 0.4) is 0 Å². The minimum atomic E-state index is -4.31. The van der Waals surface area contributed by atoms with Gasteiger partial charge < -0.3 is 5.73 Å². The third-order valence-corrected chi connectivity index (χ3v) is 1.84. The minimum absolute atomic E-state index is 0.154. The Kier molecular flexibility index (Phi) is 2.96. The smallest absolute Gasteiger partial charge is 0.326 e. The fourth-order valence-corrected chi connectivity index (χ4v) is 1.03. The number of alkyl halides is 3. The lowest BCUT2D eigenvalue weighted by atomic mass is 10.0. The molecule has 0 spiro atoms. The maximum absolute atomic E-state index is 12.3. The summed E-state index contributed by atoms with van der Waals surface area (Å²) < 4.78 is 36.8. The monoisotopic (exact) mass is 201 g/mol. The van der Waals surface area contributed by atoms with Crippen molar-refractivity contribution in [1.29, 1.82) is 0 Å². The molecule has 0 saturated carbocycles. The molecular formula is C10H10F3N. The highest BCUT2D eigenvalue weighted by molar-refractivity contribution is 5.65. The van der Waals surface area contributed by atoms with Gasteiger partial charge in [0.1, 0.15) is 0 Å². The molecular weight excluding hydrogens is 191 g/mol. The van der Waals surface area contributed by atoms with Crippen LogP contribution in [0.5, 0.6) is 0 Å². The van der Waals surface area contributed by atoms with Gasteiger partial charge in [0, 0.05) is 6.54 Å². The number of halogens is 3. The predicted molar refractivity (Wildman–Crippen MR) is 49.5 cm³/mol. The molecule has 1 rings (SSSR count). The van der Waals surface area contributed by atoms with Gasteiger partial charge >= 0.3 is 6.18 Å². The van der Waals surface area contributed by atoms with Crippen molar-refractivity contribution in [3.05, 3.63) is 42.0 Å². The van der Waals surface area contributed by atoms with Crippen LogP contribution in [0.15, 0.2) is 30.8 Å². The maximum atomic E-state index is 12.3. The summed E-state index contributed by atoms with van der Waals surface area (Å²) in [7, 11) is 0. The molecule has 0 fully saturated rings. The molecule has 2 N–H and O–H groups in total. The first kappa shape index (κ1) is 10.8. The Balaban J connectivity index is 3.08. The third kappa shape index (κ3) is 2.35. The van der Waals surface area contributed by atoms with E-state index in [0.717, 1.165) is 12.1 Å². The van der Waals surface area contributed by atoms with Crippen molar-refractivity contribution in [3.63, 3.8) is 0 Å². The zero-order valence-electron chi connectivity index (χ0n) is 7.43. The summed E-state index contributed by atoms with van der Waals surface area (Å²) in [5.41, 5.74) is 5.54. The van der Waals surface area contributed by atoms with Crippen molar-refractivity contribution in [2.45, 2.75) is 6.18 Å². The summed E-state index contributed by atoms with van der Waals surface area (Å²) in [5.74, 6) is 0. The molecule has 1 aromatic carbocycles. The Bertz CT molecular complexity index is 341. The zero-order valence-corrected chi connectivity index (χ0v) is 7.43. The summed E-state index contributed by atoms with van der Waals surface area (Å²) in [5, 5.41) is 0. The molecule has 1 nitrogen and oxygen atoms in total. The largest absolute Gasteiger partial charge is 0.416 e. The Morgan fingerprint density at radius 3 is 2.50 bits per heavy atom. The first-order valence-corrected chi connectivity index (χ1v) is 4.00. The van der Waals surface area contributed by atoms with Crippen LogP contribution in [0.25, 0.3) is 5.57 Å². The number of hydrogen-bond donors (Lipinski definition) is 1. The van der Waals surface area contributed by atoms with Crippen LogP contribution in [-0.2, 0) is 6.18 Å². The summed E-state index contributed by atoms with van der Waals surface area (Å²) in [6, 6.07) is 4.98. The van der Waals surface area contributed by atoms with E-state index in [0.29, 0.717) is 11.1 Å². The quantitative estimate of drug-likeness (QED) is 0.782. The molecule has 0 unspecified atom stereocenters. The van der Waals surface area contributed by atoms with Crippen molar-refractivity contribution in [1.82, 2.24) is 0 Å². The van der Waals surface area contributed by atoms with E-state index in [1.165, 1.54) is 6.07 Å². The molecule has 0 amide bonds. The van der Waals surface area contributed by atoms with Gasteiger partial charge in [-0.05, 0) is 23.3 Å². The van der Waals surface area contributed by atoms with Gasteiger partial charge in [0.25, 0.3) is 0 Å². The molecule has 0 aromatic heterocycles. The Morgan fingerprint density at radius 1 is 1.36 bits per heavy atom. The van der Waals surface area contributed by atoms with Crippen molar-refractivity contribution in [2.75, 3.05) is 6.54 Å². The lowest BCUT2D eigenvalue weighted by molar-refractivity contribution is -0.137. The first-order chi connectivity index (χ1) is 6.45. The van der Waals surface area contributed by atoms with Gasteiger partial charge in [0.15, 0.2) is 0 Å². The topological polar surface area (TPSA) is 26.0 Å². The summed E-state index contributed by atoms with van der Waals surface area (Å²) >= 11 is 0. The zero-order chi connectivity index (χ0) is 10.8. The number of benzene rings is 1. The number of nitrogens with two attached hydrogens (primary N) is 1. The molecule has 0 radical (unpaired) electrons. The van der Waals surface area contributed by atoms with Crippen LogP contribution >= 0.6 is 0 Å². The predicted octanol–water partition coefficient (Wildman–Crippen LogP) is 2.68. The van der Waals surface area contributed by atoms with Gasteiger partial charge in [-0.2, -0.15) is 13.2 Å². The lowest BCUT2D eigenvalue weighted by Gasteiger charge is -2.09. The van der Waals surface area contributed by atoms with Crippen molar-refractivity contribution in [2.24, 2.45) is 5.73 Å². The lowest BCUT2D eigenvalue weighted by Crippen LogP contribution is -2.06. The molecule has 1 aromatic rings. The molecule has 14 heavy (non-hydrogen) atoms. The average molecular weight is 201 g/mol. The molecule has 0 bridgehead atoms. The standard InChI is InChI=1S/C10H10F3N/c1-7(6-14)8-3-2-4-9(5-8)10(11,12)13/h2-5H,1,6,14H2. The van der Waals surface area contributed by atoms with E-state index in [1.54, 1.807) is 6.07 Å².